The van der Waals surface area contributed by atoms with Gasteiger partial charge in [0.15, 0.2) is 0 Å². The molecule has 3 rings (SSSR count). The lowest BCUT2D eigenvalue weighted by Gasteiger charge is -2.17. The van der Waals surface area contributed by atoms with E-state index in [4.69, 9.17) is 20.3 Å². The van der Waals surface area contributed by atoms with E-state index >= 15 is 0 Å². The van der Waals surface area contributed by atoms with Crippen molar-refractivity contribution in [1.82, 2.24) is 10.2 Å². The number of para-hydroxylation sites is 2. The Morgan fingerprint density at radius 3 is 2.12 bits per heavy atom. The summed E-state index contributed by atoms with van der Waals surface area (Å²) in [5.74, 6) is 0.108. The van der Waals surface area contributed by atoms with Gasteiger partial charge in [-0.25, -0.2) is 0 Å². The molecule has 0 aliphatic heterocycles. The van der Waals surface area contributed by atoms with Gasteiger partial charge in [-0.15, -0.1) is 10.2 Å². The van der Waals surface area contributed by atoms with Crippen molar-refractivity contribution in [2.24, 2.45) is 0 Å². The lowest BCUT2D eigenvalue weighted by atomic mass is 9.93. The van der Waals surface area contributed by atoms with Crippen molar-refractivity contribution >= 4 is 61.8 Å². The number of amides is 1. The third-order valence-electron chi connectivity index (χ3n) is 6.31. The molecule has 230 valence electrons. The summed E-state index contributed by atoms with van der Waals surface area (Å²) in [5.41, 5.74) is 1.16. The number of nitrogens with one attached hydrogen (secondary N) is 3. The molecule has 14 heteroatoms. The highest BCUT2D eigenvalue weighted by molar-refractivity contribution is 8.26. The summed E-state index contributed by atoms with van der Waals surface area (Å²) in [6, 6.07) is 14.0. The predicted octanol–water partition coefficient (Wildman–Crippen LogP) is 4.36. The number of ether oxygens (including phenoxy) is 2. The molecule has 0 fully saturated rings. The molecule has 1 heterocycles. The van der Waals surface area contributed by atoms with Crippen molar-refractivity contribution in [1.29, 1.82) is 10.8 Å². The first-order chi connectivity index (χ1) is 20.8. The van der Waals surface area contributed by atoms with Gasteiger partial charge in [0.05, 0.1) is 55.8 Å². The molecule has 43 heavy (non-hydrogen) atoms. The van der Waals surface area contributed by atoms with E-state index in [1.165, 1.54) is 25.6 Å². The van der Waals surface area contributed by atoms with Gasteiger partial charge in [-0.1, -0.05) is 59.5 Å². The van der Waals surface area contributed by atoms with Crippen molar-refractivity contribution in [3.8, 4) is 11.5 Å². The molecule has 1 aromatic heterocycles. The molecule has 0 aliphatic rings. The maximum absolute atomic E-state index is 12.8. The Morgan fingerprint density at radius 2 is 1.51 bits per heavy atom. The standard InChI is InChI=1S/C29H35N5O6S3/c1-39-23-9-5-3-7-18(23)20(16-35)22(37)15-26(31)42-25(30)11-13-41-14-12-27-33-34-29(43-27)32-28(38)21(17-36)19-8-4-6-10-24(19)40-2/h3-10,20-21,30-31,35-36H,11-17H2,1-2H3,(H,32,34,38). The normalized spacial score (nSPS) is 12.3. The number of nitrogens with zero attached hydrogens (tertiary/aromatic N) is 2. The molecule has 0 saturated heterocycles. The summed E-state index contributed by atoms with van der Waals surface area (Å²) in [5, 5.41) is 48.4. The number of anilines is 1. The molecule has 1 amide bonds. The minimum absolute atomic E-state index is 0.0610. The Balaban J connectivity index is 1.37. The van der Waals surface area contributed by atoms with Crippen LogP contribution in [-0.4, -0.2) is 81.1 Å². The van der Waals surface area contributed by atoms with Crippen LogP contribution >= 0.6 is 34.9 Å². The number of methoxy groups -OCH3 is 2. The molecule has 5 N–H and O–H groups in total. The van der Waals surface area contributed by atoms with Gasteiger partial charge < -0.3 is 19.7 Å². The van der Waals surface area contributed by atoms with E-state index in [9.17, 15) is 19.8 Å². The number of hydrogen-bond acceptors (Lipinski definition) is 13. The lowest BCUT2D eigenvalue weighted by Crippen LogP contribution is -2.24. The largest absolute Gasteiger partial charge is 0.496 e. The first kappa shape index (κ1) is 34.2. The fraction of sp³-hybridized carbons (Fsp3) is 0.379. The van der Waals surface area contributed by atoms with Gasteiger partial charge in [0.2, 0.25) is 11.0 Å². The Bertz CT molecular complexity index is 1400. The maximum atomic E-state index is 12.8. The van der Waals surface area contributed by atoms with Crippen molar-refractivity contribution in [3.05, 3.63) is 64.7 Å². The van der Waals surface area contributed by atoms with Gasteiger partial charge in [0.1, 0.15) is 22.3 Å². The van der Waals surface area contributed by atoms with Crippen LogP contribution in [0, 0.1) is 10.8 Å². The van der Waals surface area contributed by atoms with Gasteiger partial charge in [0, 0.05) is 24.0 Å². The molecule has 3 aromatic rings. The zero-order valence-corrected chi connectivity index (χ0v) is 26.3. The van der Waals surface area contributed by atoms with Crippen LogP contribution in [0.25, 0.3) is 0 Å². The van der Waals surface area contributed by atoms with Gasteiger partial charge in [-0.3, -0.25) is 25.7 Å². The number of aryl methyl sites for hydroxylation is 1. The highest BCUT2D eigenvalue weighted by atomic mass is 32.2. The molecule has 2 aromatic carbocycles. The van der Waals surface area contributed by atoms with Gasteiger partial charge in [-0.2, -0.15) is 11.8 Å². The second-order valence-corrected chi connectivity index (χ2v) is 12.6. The molecular formula is C29H35N5O6S3. The van der Waals surface area contributed by atoms with Crippen LogP contribution in [0.4, 0.5) is 5.13 Å². The molecule has 0 radical (unpaired) electrons. The van der Waals surface area contributed by atoms with Gasteiger partial charge in [0.25, 0.3) is 0 Å². The van der Waals surface area contributed by atoms with E-state index in [-0.39, 0.29) is 35.5 Å². The third kappa shape index (κ3) is 10.1. The van der Waals surface area contributed by atoms with Crippen LogP contribution in [0.3, 0.4) is 0 Å². The van der Waals surface area contributed by atoms with Crippen LogP contribution in [0.2, 0.25) is 0 Å². The van der Waals surface area contributed by atoms with Crippen LogP contribution in [0.5, 0.6) is 11.5 Å². The third-order valence-corrected chi connectivity index (χ3v) is 9.04. The minimum atomic E-state index is -0.810. The van der Waals surface area contributed by atoms with Gasteiger partial charge >= 0.3 is 0 Å². The highest BCUT2D eigenvalue weighted by Gasteiger charge is 2.25. The van der Waals surface area contributed by atoms with E-state index in [1.807, 2.05) is 0 Å². The van der Waals surface area contributed by atoms with Crippen LogP contribution in [0.1, 0.15) is 40.8 Å². The van der Waals surface area contributed by atoms with Crippen molar-refractivity contribution < 1.29 is 29.3 Å². The number of ketones is 1. The smallest absolute Gasteiger partial charge is 0.236 e. The summed E-state index contributed by atoms with van der Waals surface area (Å²) in [7, 11) is 3.01. The summed E-state index contributed by atoms with van der Waals surface area (Å²) in [4.78, 5) is 25.6. The lowest BCUT2D eigenvalue weighted by molar-refractivity contribution is -0.120. The molecule has 2 atom stereocenters. The average Bonchev–Trinajstić information content (AvgIpc) is 3.44. The van der Waals surface area contributed by atoms with Crippen molar-refractivity contribution in [2.45, 2.75) is 31.1 Å². The first-order valence-electron chi connectivity index (χ1n) is 13.3. The number of aliphatic hydroxyl groups is 2. The molecule has 2 unspecified atom stereocenters. The summed E-state index contributed by atoms with van der Waals surface area (Å²) >= 11 is 3.85. The molecule has 0 spiro atoms. The Morgan fingerprint density at radius 1 is 0.907 bits per heavy atom. The van der Waals surface area contributed by atoms with Crippen molar-refractivity contribution in [2.75, 3.05) is 44.3 Å². The Labute approximate surface area is 262 Å². The van der Waals surface area contributed by atoms with E-state index in [0.717, 1.165) is 22.5 Å². The minimum Gasteiger partial charge on any atom is -0.496 e. The van der Waals surface area contributed by atoms with Crippen molar-refractivity contribution in [3.63, 3.8) is 0 Å². The summed E-state index contributed by atoms with van der Waals surface area (Å²) in [6.45, 7) is -0.774. The predicted molar refractivity (Wildman–Crippen MR) is 172 cm³/mol. The number of rotatable bonds is 17. The summed E-state index contributed by atoms with van der Waals surface area (Å²) < 4.78 is 10.6. The second kappa shape index (κ2) is 17.7. The zero-order valence-electron chi connectivity index (χ0n) is 23.9. The van der Waals surface area contributed by atoms with Crippen LogP contribution in [-0.2, 0) is 16.0 Å². The first-order valence-corrected chi connectivity index (χ1v) is 16.1. The number of aliphatic hydroxyl groups excluding tert-OH is 2. The van der Waals surface area contributed by atoms with Crippen LogP contribution < -0.4 is 14.8 Å². The van der Waals surface area contributed by atoms with E-state index < -0.39 is 17.7 Å². The monoisotopic (exact) mass is 645 g/mol. The number of hydrogen-bond donors (Lipinski definition) is 5. The van der Waals surface area contributed by atoms with Crippen LogP contribution in [0.15, 0.2) is 48.5 Å². The van der Waals surface area contributed by atoms with E-state index in [1.54, 1.807) is 60.3 Å². The van der Waals surface area contributed by atoms with E-state index in [2.05, 4.69) is 15.5 Å². The SMILES string of the molecule is COc1ccccc1C(CO)C(=O)CC(=N)SC(=N)CCSCCc1nnc(NC(=O)C(CO)c2ccccc2OC)s1. The molecule has 11 nitrogen and oxygen atoms in total. The fourth-order valence-corrected chi connectivity index (χ4v) is 6.75. The highest BCUT2D eigenvalue weighted by Crippen LogP contribution is 2.30. The topological polar surface area (TPSA) is 179 Å². The second-order valence-electron chi connectivity index (χ2n) is 9.15. The molecule has 0 aliphatic carbocycles. The molecule has 0 bridgehead atoms. The average molecular weight is 646 g/mol. The number of aromatic nitrogens is 2. The number of benzene rings is 2. The zero-order chi connectivity index (χ0) is 31.2. The number of carbonyl (C=O) groups excluding carboxylic acids is 2. The Hall–Kier alpha value is -3.30. The number of thioether (sulfide) groups is 2. The molecular weight excluding hydrogens is 611 g/mol. The number of carbonyl (C=O) groups is 2. The van der Waals surface area contributed by atoms with E-state index in [0.29, 0.717) is 46.4 Å². The quantitative estimate of drug-likeness (QED) is 0.0805. The number of Topliss-reactive ketones (excluding diaryl/α,β-unsaturated/α-hetero) is 1. The van der Waals surface area contributed by atoms with Gasteiger partial charge in [-0.05, 0) is 23.6 Å². The maximum Gasteiger partial charge on any atom is 0.236 e. The molecule has 0 saturated carbocycles. The Kier molecular flexibility index (Phi) is 14.1. The fourth-order valence-electron chi connectivity index (χ4n) is 4.15. The summed E-state index contributed by atoms with van der Waals surface area (Å²) in [6.07, 6.45) is 0.909.